The zero-order valence-corrected chi connectivity index (χ0v) is 14.1. The second-order valence-electron chi connectivity index (χ2n) is 5.46. The number of hydrogen-bond donors (Lipinski definition) is 2. The Morgan fingerprint density at radius 2 is 1.70 bits per heavy atom. The number of halogens is 3. The lowest BCUT2D eigenvalue weighted by molar-refractivity contribution is 0.102. The van der Waals surface area contributed by atoms with Gasteiger partial charge in [0.15, 0.2) is 17.5 Å². The SMILES string of the molecule is COc1ccc(Nc2ccc(C(=O)Nc3ccc(F)c(F)c3F)cn2)cc1. The van der Waals surface area contributed by atoms with Crippen LogP contribution in [-0.2, 0) is 0 Å². The first kappa shape index (κ1) is 18.2. The number of hydrogen-bond acceptors (Lipinski definition) is 4. The number of ether oxygens (including phenoxy) is 1. The number of anilines is 3. The third-order valence-corrected chi connectivity index (χ3v) is 3.67. The Morgan fingerprint density at radius 1 is 0.963 bits per heavy atom. The van der Waals surface area contributed by atoms with Gasteiger partial charge in [-0.25, -0.2) is 18.2 Å². The van der Waals surface area contributed by atoms with E-state index in [4.69, 9.17) is 4.74 Å². The molecule has 0 fully saturated rings. The molecule has 0 atom stereocenters. The first-order valence-corrected chi connectivity index (χ1v) is 7.80. The van der Waals surface area contributed by atoms with E-state index in [1.807, 2.05) is 0 Å². The Hall–Kier alpha value is -3.55. The highest BCUT2D eigenvalue weighted by Crippen LogP contribution is 2.21. The summed E-state index contributed by atoms with van der Waals surface area (Å²) in [7, 11) is 1.57. The van der Waals surface area contributed by atoms with Crippen molar-refractivity contribution in [1.82, 2.24) is 4.98 Å². The van der Waals surface area contributed by atoms with Crippen LogP contribution in [0.2, 0.25) is 0 Å². The molecule has 3 aromatic rings. The van der Waals surface area contributed by atoms with E-state index in [1.165, 1.54) is 12.3 Å². The minimum absolute atomic E-state index is 0.124. The Morgan fingerprint density at radius 3 is 2.33 bits per heavy atom. The van der Waals surface area contributed by atoms with Crippen LogP contribution in [0.1, 0.15) is 10.4 Å². The summed E-state index contributed by atoms with van der Waals surface area (Å²) in [5.41, 5.74) is 0.433. The van der Waals surface area contributed by atoms with Crippen molar-refractivity contribution in [3.8, 4) is 5.75 Å². The maximum atomic E-state index is 13.6. The van der Waals surface area contributed by atoms with Gasteiger partial charge in [0.25, 0.3) is 5.91 Å². The van der Waals surface area contributed by atoms with Gasteiger partial charge in [-0.2, -0.15) is 0 Å². The minimum atomic E-state index is -1.65. The molecule has 3 rings (SSSR count). The highest BCUT2D eigenvalue weighted by Gasteiger charge is 2.16. The van der Waals surface area contributed by atoms with Crippen molar-refractivity contribution in [2.75, 3.05) is 17.7 Å². The van der Waals surface area contributed by atoms with Crippen LogP contribution in [0.4, 0.5) is 30.4 Å². The molecule has 27 heavy (non-hydrogen) atoms. The highest BCUT2D eigenvalue weighted by atomic mass is 19.2. The normalized spacial score (nSPS) is 10.4. The maximum absolute atomic E-state index is 13.6. The number of methoxy groups -OCH3 is 1. The number of rotatable bonds is 5. The van der Waals surface area contributed by atoms with Gasteiger partial charge in [-0.15, -0.1) is 0 Å². The van der Waals surface area contributed by atoms with Crippen molar-refractivity contribution >= 4 is 23.1 Å². The lowest BCUT2D eigenvalue weighted by atomic mass is 10.2. The van der Waals surface area contributed by atoms with E-state index in [2.05, 4.69) is 15.6 Å². The largest absolute Gasteiger partial charge is 0.497 e. The van der Waals surface area contributed by atoms with E-state index in [-0.39, 0.29) is 5.56 Å². The van der Waals surface area contributed by atoms with Crippen molar-refractivity contribution in [3.63, 3.8) is 0 Å². The molecule has 1 aromatic heterocycles. The third kappa shape index (κ3) is 4.17. The Labute approximate surface area is 152 Å². The van der Waals surface area contributed by atoms with Crippen molar-refractivity contribution in [3.05, 3.63) is 77.7 Å². The fraction of sp³-hybridized carbons (Fsp3) is 0.0526. The van der Waals surface area contributed by atoms with Gasteiger partial charge >= 0.3 is 0 Å². The van der Waals surface area contributed by atoms with Gasteiger partial charge in [0.05, 0.1) is 18.4 Å². The molecule has 0 aliphatic heterocycles. The van der Waals surface area contributed by atoms with Gasteiger partial charge in [0.1, 0.15) is 11.6 Å². The highest BCUT2D eigenvalue weighted by molar-refractivity contribution is 6.04. The molecule has 0 saturated heterocycles. The van der Waals surface area contributed by atoms with E-state index in [0.717, 1.165) is 17.8 Å². The number of aromatic nitrogens is 1. The molecule has 0 saturated carbocycles. The Balaban J connectivity index is 1.69. The quantitative estimate of drug-likeness (QED) is 0.647. The van der Waals surface area contributed by atoms with Crippen LogP contribution < -0.4 is 15.4 Å². The number of carbonyl (C=O) groups is 1. The van der Waals surface area contributed by atoms with Crippen molar-refractivity contribution in [1.29, 1.82) is 0 Å². The molecule has 5 nitrogen and oxygen atoms in total. The monoisotopic (exact) mass is 373 g/mol. The molecule has 1 amide bonds. The van der Waals surface area contributed by atoms with Gasteiger partial charge in [0, 0.05) is 11.9 Å². The van der Waals surface area contributed by atoms with E-state index in [0.29, 0.717) is 11.6 Å². The molecule has 0 bridgehead atoms. The molecule has 138 valence electrons. The summed E-state index contributed by atoms with van der Waals surface area (Å²) in [6.07, 6.45) is 1.28. The third-order valence-electron chi connectivity index (χ3n) is 3.67. The topological polar surface area (TPSA) is 63.2 Å². The zero-order chi connectivity index (χ0) is 19.4. The molecule has 0 unspecified atom stereocenters. The average molecular weight is 373 g/mol. The van der Waals surface area contributed by atoms with Crippen LogP contribution in [0, 0.1) is 17.5 Å². The molecule has 0 spiro atoms. The summed E-state index contributed by atoms with van der Waals surface area (Å²) >= 11 is 0. The van der Waals surface area contributed by atoms with Crippen molar-refractivity contribution in [2.45, 2.75) is 0 Å². The summed E-state index contributed by atoms with van der Waals surface area (Å²) in [6.45, 7) is 0. The predicted molar refractivity (Wildman–Crippen MR) is 94.8 cm³/mol. The second kappa shape index (κ2) is 7.77. The van der Waals surface area contributed by atoms with Crippen LogP contribution in [0.5, 0.6) is 5.75 Å². The standard InChI is InChI=1S/C19H14F3N3O2/c1-27-13-5-3-12(4-6-13)24-16-9-2-11(10-23-16)19(26)25-15-8-7-14(20)17(21)18(15)22/h2-10H,1H3,(H,23,24)(H,25,26). The molecule has 0 aliphatic rings. The molecular formula is C19H14F3N3O2. The molecule has 1 heterocycles. The van der Waals surface area contributed by atoms with Gasteiger partial charge in [-0.3, -0.25) is 4.79 Å². The van der Waals surface area contributed by atoms with Gasteiger partial charge in [-0.1, -0.05) is 0 Å². The van der Waals surface area contributed by atoms with E-state index in [1.54, 1.807) is 37.4 Å². The van der Waals surface area contributed by atoms with Crippen molar-refractivity contribution in [2.24, 2.45) is 0 Å². The van der Waals surface area contributed by atoms with Crippen LogP contribution in [0.25, 0.3) is 0 Å². The second-order valence-corrected chi connectivity index (χ2v) is 5.46. The predicted octanol–water partition coefficient (Wildman–Crippen LogP) is 4.50. The molecule has 2 aromatic carbocycles. The zero-order valence-electron chi connectivity index (χ0n) is 14.1. The van der Waals surface area contributed by atoms with Crippen LogP contribution in [-0.4, -0.2) is 18.0 Å². The Kier molecular flexibility index (Phi) is 5.25. The summed E-state index contributed by atoms with van der Waals surface area (Å²) in [6, 6.07) is 11.8. The average Bonchev–Trinajstić information content (AvgIpc) is 2.69. The lowest BCUT2D eigenvalue weighted by Gasteiger charge is -2.09. The fourth-order valence-corrected chi connectivity index (χ4v) is 2.24. The van der Waals surface area contributed by atoms with Gasteiger partial charge in [-0.05, 0) is 48.5 Å². The van der Waals surface area contributed by atoms with Crippen LogP contribution in [0.3, 0.4) is 0 Å². The summed E-state index contributed by atoms with van der Waals surface area (Å²) < 4.78 is 44.9. The summed E-state index contributed by atoms with van der Waals surface area (Å²) in [5, 5.41) is 5.23. The van der Waals surface area contributed by atoms with E-state index >= 15 is 0 Å². The van der Waals surface area contributed by atoms with Gasteiger partial charge in [0.2, 0.25) is 0 Å². The first-order chi connectivity index (χ1) is 13.0. The van der Waals surface area contributed by atoms with Crippen LogP contribution in [0.15, 0.2) is 54.7 Å². The smallest absolute Gasteiger partial charge is 0.257 e. The molecule has 2 N–H and O–H groups in total. The number of benzene rings is 2. The summed E-state index contributed by atoms with van der Waals surface area (Å²) in [5.74, 6) is -3.95. The van der Waals surface area contributed by atoms with Crippen LogP contribution >= 0.6 is 0 Å². The molecule has 0 aliphatic carbocycles. The lowest BCUT2D eigenvalue weighted by Crippen LogP contribution is -2.14. The number of amides is 1. The number of nitrogens with one attached hydrogen (secondary N) is 2. The fourth-order valence-electron chi connectivity index (χ4n) is 2.24. The first-order valence-electron chi connectivity index (χ1n) is 7.80. The number of carbonyl (C=O) groups excluding carboxylic acids is 1. The minimum Gasteiger partial charge on any atom is -0.497 e. The van der Waals surface area contributed by atoms with E-state index in [9.17, 15) is 18.0 Å². The number of nitrogens with zero attached hydrogens (tertiary/aromatic N) is 1. The van der Waals surface area contributed by atoms with Crippen molar-refractivity contribution < 1.29 is 22.7 Å². The molecule has 0 radical (unpaired) electrons. The maximum Gasteiger partial charge on any atom is 0.257 e. The van der Waals surface area contributed by atoms with E-state index < -0.39 is 29.0 Å². The van der Waals surface area contributed by atoms with Gasteiger partial charge < -0.3 is 15.4 Å². The Bertz CT molecular complexity index is 961. The molecular weight excluding hydrogens is 359 g/mol. The molecule has 8 heteroatoms. The number of pyridine rings is 1. The summed E-state index contributed by atoms with van der Waals surface area (Å²) in [4.78, 5) is 16.2.